The van der Waals surface area contributed by atoms with Gasteiger partial charge in [-0.1, -0.05) is 161 Å². The fraction of sp³-hybridized carbons (Fsp3) is 0.864. The second kappa shape index (κ2) is 38.3. The zero-order valence-corrected chi connectivity index (χ0v) is 33.8. The molecule has 0 aromatic carbocycles. The third kappa shape index (κ3) is 36.0. The Bertz CT molecular complexity index is 892. The van der Waals surface area contributed by atoms with Crippen LogP contribution in [0.2, 0.25) is 0 Å². The molecule has 8 heteroatoms. The third-order valence-corrected chi connectivity index (χ3v) is 10.4. The summed E-state index contributed by atoms with van der Waals surface area (Å²) >= 11 is 0. The van der Waals surface area contributed by atoms with Gasteiger partial charge in [-0.05, 0) is 69.6 Å². The molecule has 0 aliphatic heterocycles. The Morgan fingerprint density at radius 1 is 0.462 bits per heavy atom. The summed E-state index contributed by atoms with van der Waals surface area (Å²) in [6, 6.07) is 0. The van der Waals surface area contributed by atoms with E-state index in [1.165, 1.54) is 141 Å². The van der Waals surface area contributed by atoms with Crippen molar-refractivity contribution in [3.05, 3.63) is 12.2 Å². The van der Waals surface area contributed by atoms with Crippen LogP contribution in [0.5, 0.6) is 0 Å². The van der Waals surface area contributed by atoms with Gasteiger partial charge in [0.25, 0.3) is 0 Å². The van der Waals surface area contributed by atoms with Crippen LogP contribution in [0.1, 0.15) is 219 Å². The van der Waals surface area contributed by atoms with Crippen molar-refractivity contribution in [3.63, 3.8) is 0 Å². The minimum atomic E-state index is -1.18. The first-order chi connectivity index (χ1) is 25.3. The average Bonchev–Trinajstić information content (AvgIpc) is 3.12. The molecule has 0 saturated heterocycles. The van der Waals surface area contributed by atoms with E-state index >= 15 is 0 Å². The van der Waals surface area contributed by atoms with Gasteiger partial charge in [0.05, 0.1) is 0 Å². The van der Waals surface area contributed by atoms with E-state index in [2.05, 4.69) is 36.6 Å². The van der Waals surface area contributed by atoms with E-state index in [1.54, 1.807) is 0 Å². The number of allylic oxidation sites excluding steroid dienone is 2. The minimum absolute atomic E-state index is 0.00127. The van der Waals surface area contributed by atoms with Crippen molar-refractivity contribution in [1.29, 1.82) is 0 Å². The van der Waals surface area contributed by atoms with Crippen LogP contribution in [-0.4, -0.2) is 36.8 Å². The monoisotopic (exact) mass is 733 g/mol. The normalized spacial score (nSPS) is 12.6. The van der Waals surface area contributed by atoms with Crippen LogP contribution in [0.15, 0.2) is 12.2 Å². The molecule has 0 heterocycles. The number of amides is 2. The van der Waals surface area contributed by atoms with E-state index in [9.17, 15) is 29.4 Å². The van der Waals surface area contributed by atoms with Gasteiger partial charge in [-0.25, -0.2) is 0 Å². The Hall–Kier alpha value is -2.38. The highest BCUT2D eigenvalue weighted by atomic mass is 16.4. The minimum Gasteiger partial charge on any atom is -0.550 e. The highest BCUT2D eigenvalue weighted by Gasteiger charge is 2.19. The smallest absolute Gasteiger partial charge is 0.220 e. The lowest BCUT2D eigenvalue weighted by Gasteiger charge is -2.26. The molecular weight excluding hydrogens is 652 g/mol. The molecule has 0 aromatic rings. The molecule has 2 amide bonds. The van der Waals surface area contributed by atoms with Gasteiger partial charge in [0.1, 0.15) is 0 Å². The average molecular weight is 733 g/mol. The first-order valence-corrected chi connectivity index (χ1v) is 21.9. The molecule has 2 atom stereocenters. The zero-order chi connectivity index (χ0) is 38.3. The summed E-state index contributed by atoms with van der Waals surface area (Å²) in [5, 5.41) is 26.6. The van der Waals surface area contributed by atoms with Gasteiger partial charge in [-0.3, -0.25) is 9.59 Å². The van der Waals surface area contributed by atoms with Crippen molar-refractivity contribution in [2.75, 3.05) is 13.1 Å². The maximum atomic E-state index is 11.6. The molecule has 0 fully saturated rings. The fourth-order valence-corrected chi connectivity index (χ4v) is 7.08. The van der Waals surface area contributed by atoms with Gasteiger partial charge in [-0.15, -0.1) is 0 Å². The van der Waals surface area contributed by atoms with Crippen molar-refractivity contribution in [2.45, 2.75) is 219 Å². The lowest BCUT2D eigenvalue weighted by molar-refractivity contribution is -0.307. The standard InChI is InChI=1S/C44H82N2O6/c1-3-5-7-9-17-23-29-39(31-25-19-13-11-15-21-27-37-45-41(47)33-35-43(49)50)40(30-24-18-10-8-6-4-2)32-26-20-14-12-16-22-28-38-46-42(48)34-36-44(51)52/h25,31,39-40H,3-24,26-30,32-38H2,1-2H3,(H,45,47)(H,46,48)(H,49,50)(H,51,52)/p-2/b31-25+. The summed E-state index contributed by atoms with van der Waals surface area (Å²) in [6.07, 6.45) is 39.9. The number of nitrogens with one attached hydrogen (secondary N) is 2. The molecule has 0 aromatic heterocycles. The van der Waals surface area contributed by atoms with Gasteiger partial charge < -0.3 is 30.4 Å². The molecule has 2 N–H and O–H groups in total. The van der Waals surface area contributed by atoms with Gasteiger partial charge in [0.15, 0.2) is 0 Å². The van der Waals surface area contributed by atoms with Crippen molar-refractivity contribution in [2.24, 2.45) is 11.8 Å². The summed E-state index contributed by atoms with van der Waals surface area (Å²) in [5.41, 5.74) is 0. The van der Waals surface area contributed by atoms with Crippen LogP contribution in [-0.2, 0) is 19.2 Å². The third-order valence-electron chi connectivity index (χ3n) is 10.4. The number of hydrogen-bond acceptors (Lipinski definition) is 6. The van der Waals surface area contributed by atoms with E-state index in [4.69, 9.17) is 0 Å². The SMILES string of the molecule is CCCCCCCCC(/C=C/CCCCCCCNC(=O)CCC(=O)[O-])C(CCCCCCCC)CCCCCCCCCNC(=O)CCC(=O)[O-]. The van der Waals surface area contributed by atoms with Crippen LogP contribution in [0.3, 0.4) is 0 Å². The van der Waals surface area contributed by atoms with Crippen LogP contribution >= 0.6 is 0 Å². The summed E-state index contributed by atoms with van der Waals surface area (Å²) in [6.45, 7) is 5.81. The Morgan fingerprint density at radius 2 is 0.827 bits per heavy atom. The Labute approximate surface area is 319 Å². The predicted octanol–water partition coefficient (Wildman–Crippen LogP) is 9.03. The molecule has 8 nitrogen and oxygen atoms in total. The summed E-state index contributed by atoms with van der Waals surface area (Å²) in [4.78, 5) is 44.3. The molecule has 2 unspecified atom stereocenters. The summed E-state index contributed by atoms with van der Waals surface area (Å²) < 4.78 is 0. The lowest BCUT2D eigenvalue weighted by atomic mass is 9.80. The van der Waals surface area contributed by atoms with Crippen LogP contribution in [0.4, 0.5) is 0 Å². The van der Waals surface area contributed by atoms with Crippen LogP contribution < -0.4 is 20.8 Å². The molecule has 0 rings (SSSR count). The number of carbonyl (C=O) groups excluding carboxylic acids is 4. The van der Waals surface area contributed by atoms with E-state index in [0.717, 1.165) is 44.4 Å². The number of rotatable bonds is 40. The Morgan fingerprint density at radius 3 is 1.25 bits per heavy atom. The summed E-state index contributed by atoms with van der Waals surface area (Å²) in [5.74, 6) is -1.30. The first kappa shape index (κ1) is 49.6. The molecule has 304 valence electrons. The number of carboxylic acid groups (broad SMARTS) is 2. The number of carbonyl (C=O) groups is 4. The number of hydrogen-bond donors (Lipinski definition) is 2. The second-order valence-corrected chi connectivity index (χ2v) is 15.2. The van der Waals surface area contributed by atoms with Gasteiger partial charge in [0, 0.05) is 37.9 Å². The number of carboxylic acids is 2. The van der Waals surface area contributed by atoms with Crippen LogP contribution in [0, 0.1) is 11.8 Å². The lowest BCUT2D eigenvalue weighted by Crippen LogP contribution is -2.28. The highest BCUT2D eigenvalue weighted by molar-refractivity contribution is 5.80. The fourth-order valence-electron chi connectivity index (χ4n) is 7.08. The Kier molecular flexibility index (Phi) is 36.6. The molecule has 0 aliphatic rings. The van der Waals surface area contributed by atoms with Crippen molar-refractivity contribution in [3.8, 4) is 0 Å². The van der Waals surface area contributed by atoms with Gasteiger partial charge >= 0.3 is 0 Å². The number of unbranched alkanes of at least 4 members (excludes halogenated alkanes) is 21. The van der Waals surface area contributed by atoms with Gasteiger partial charge in [-0.2, -0.15) is 0 Å². The van der Waals surface area contributed by atoms with Crippen molar-refractivity contribution in [1.82, 2.24) is 10.6 Å². The largest absolute Gasteiger partial charge is 0.550 e. The first-order valence-electron chi connectivity index (χ1n) is 21.9. The second-order valence-electron chi connectivity index (χ2n) is 15.2. The molecule has 0 bridgehead atoms. The predicted molar refractivity (Wildman–Crippen MR) is 211 cm³/mol. The summed E-state index contributed by atoms with van der Waals surface area (Å²) in [7, 11) is 0. The van der Waals surface area contributed by atoms with Crippen LogP contribution in [0.25, 0.3) is 0 Å². The van der Waals surface area contributed by atoms with Gasteiger partial charge in [0.2, 0.25) is 11.8 Å². The number of aliphatic carboxylic acids is 2. The maximum Gasteiger partial charge on any atom is 0.220 e. The van der Waals surface area contributed by atoms with Crippen molar-refractivity contribution < 1.29 is 29.4 Å². The van der Waals surface area contributed by atoms with E-state index in [-0.39, 0.29) is 37.5 Å². The van der Waals surface area contributed by atoms with E-state index < -0.39 is 11.9 Å². The molecule has 0 radical (unpaired) electrons. The van der Waals surface area contributed by atoms with E-state index in [1.807, 2.05) is 0 Å². The molecular formula is C44H80N2O6-2. The maximum absolute atomic E-state index is 11.6. The molecule has 52 heavy (non-hydrogen) atoms. The van der Waals surface area contributed by atoms with E-state index in [0.29, 0.717) is 19.0 Å². The highest BCUT2D eigenvalue weighted by Crippen LogP contribution is 2.31. The molecule has 0 aliphatic carbocycles. The molecule has 0 spiro atoms. The van der Waals surface area contributed by atoms with Crippen molar-refractivity contribution >= 4 is 23.8 Å². The molecule has 0 saturated carbocycles. The zero-order valence-electron chi connectivity index (χ0n) is 33.8. The topological polar surface area (TPSA) is 138 Å². The Balaban J connectivity index is 4.75. The quantitative estimate of drug-likeness (QED) is 0.0476.